The predicted molar refractivity (Wildman–Crippen MR) is 83.6 cm³/mol. The Hall–Kier alpha value is -0.380. The molecule has 2 heteroatoms. The molecule has 2 rings (SSSR count). The molecule has 1 aromatic carbocycles. The fraction of sp³-hybridized carbons (Fsp3) is 0.562. The van der Waals surface area contributed by atoms with Gasteiger partial charge in [0.15, 0.2) is 0 Å². The molecule has 0 heterocycles. The summed E-state index contributed by atoms with van der Waals surface area (Å²) < 4.78 is 1.22. The van der Waals surface area contributed by atoms with Crippen LogP contribution in [0.15, 0.2) is 24.3 Å². The van der Waals surface area contributed by atoms with Gasteiger partial charge in [0.05, 0.1) is 0 Å². The van der Waals surface area contributed by atoms with Crippen LogP contribution in [0.4, 0.5) is 0 Å². The van der Waals surface area contributed by atoms with Crippen molar-refractivity contribution in [2.24, 2.45) is 11.3 Å². The molecule has 0 spiro atoms. The maximum atomic E-state index is 12.5. The lowest BCUT2D eigenvalue weighted by molar-refractivity contribution is -0.127. The van der Waals surface area contributed by atoms with Gasteiger partial charge in [-0.3, -0.25) is 4.79 Å². The Morgan fingerprint density at radius 3 is 2.56 bits per heavy atom. The van der Waals surface area contributed by atoms with Gasteiger partial charge < -0.3 is 0 Å². The largest absolute Gasteiger partial charge is 0.299 e. The van der Waals surface area contributed by atoms with Gasteiger partial charge in [0, 0.05) is 15.9 Å². The number of halogens is 1. The first kappa shape index (κ1) is 14.0. The molecule has 1 saturated carbocycles. The molecule has 0 amide bonds. The van der Waals surface area contributed by atoms with E-state index in [1.807, 2.05) is 0 Å². The molecule has 1 nitrogen and oxygen atoms in total. The van der Waals surface area contributed by atoms with E-state index >= 15 is 0 Å². The highest BCUT2D eigenvalue weighted by molar-refractivity contribution is 14.1. The summed E-state index contributed by atoms with van der Waals surface area (Å²) in [4.78, 5) is 12.5. The number of Topliss-reactive ketones (excluding diaryl/α,β-unsaturated/α-hetero) is 1. The third-order valence-electron chi connectivity index (χ3n) is 4.19. The van der Waals surface area contributed by atoms with E-state index in [4.69, 9.17) is 0 Å². The molecular formula is C16H21IO. The Kier molecular flexibility index (Phi) is 4.46. The topological polar surface area (TPSA) is 17.1 Å². The fourth-order valence-electron chi connectivity index (χ4n) is 3.02. The average Bonchev–Trinajstić information content (AvgIpc) is 2.31. The molecule has 0 bridgehead atoms. The quantitative estimate of drug-likeness (QED) is 0.723. The zero-order valence-electron chi connectivity index (χ0n) is 11.2. The maximum absolute atomic E-state index is 12.5. The van der Waals surface area contributed by atoms with Crippen molar-refractivity contribution < 1.29 is 4.79 Å². The molecule has 0 radical (unpaired) electrons. The van der Waals surface area contributed by atoms with E-state index < -0.39 is 0 Å². The molecule has 0 saturated heterocycles. The van der Waals surface area contributed by atoms with Crippen molar-refractivity contribution in [3.8, 4) is 0 Å². The normalized spacial score (nSPS) is 22.7. The summed E-state index contributed by atoms with van der Waals surface area (Å²) >= 11 is 2.29. The minimum atomic E-state index is 0.193. The van der Waals surface area contributed by atoms with Gasteiger partial charge in [-0.05, 0) is 58.5 Å². The van der Waals surface area contributed by atoms with Crippen LogP contribution in [0.3, 0.4) is 0 Å². The Labute approximate surface area is 123 Å². The molecule has 0 aliphatic heterocycles. The molecule has 0 N–H and O–H groups in total. The van der Waals surface area contributed by atoms with Crippen LogP contribution < -0.4 is 0 Å². The van der Waals surface area contributed by atoms with Crippen molar-refractivity contribution in [3.05, 3.63) is 33.4 Å². The van der Waals surface area contributed by atoms with E-state index in [0.29, 0.717) is 12.2 Å². The summed E-state index contributed by atoms with van der Waals surface area (Å²) in [6.45, 7) is 4.51. The molecule has 1 aromatic rings. The van der Waals surface area contributed by atoms with Gasteiger partial charge >= 0.3 is 0 Å². The van der Waals surface area contributed by atoms with Crippen LogP contribution in [0, 0.1) is 14.9 Å². The lowest BCUT2D eigenvalue weighted by Gasteiger charge is -2.37. The lowest BCUT2D eigenvalue weighted by atomic mass is 9.66. The van der Waals surface area contributed by atoms with Gasteiger partial charge in [-0.1, -0.05) is 38.8 Å². The lowest BCUT2D eigenvalue weighted by Crippen LogP contribution is -2.34. The van der Waals surface area contributed by atoms with E-state index in [-0.39, 0.29) is 11.3 Å². The van der Waals surface area contributed by atoms with Crippen molar-refractivity contribution in [2.45, 2.75) is 46.0 Å². The Bertz CT molecular complexity index is 419. The highest BCUT2D eigenvalue weighted by Gasteiger charge is 2.36. The number of carbonyl (C=O) groups excluding carboxylic acids is 1. The number of benzene rings is 1. The van der Waals surface area contributed by atoms with Crippen molar-refractivity contribution in [1.82, 2.24) is 0 Å². The van der Waals surface area contributed by atoms with E-state index in [2.05, 4.69) is 60.7 Å². The SMILES string of the molecule is CC1(C)CCCCC1C(=O)Cc1ccc(I)cc1. The van der Waals surface area contributed by atoms with Crippen LogP contribution in [-0.2, 0) is 11.2 Å². The smallest absolute Gasteiger partial charge is 0.140 e. The van der Waals surface area contributed by atoms with Crippen LogP contribution >= 0.6 is 22.6 Å². The van der Waals surface area contributed by atoms with Gasteiger partial charge in [-0.2, -0.15) is 0 Å². The van der Waals surface area contributed by atoms with Crippen molar-refractivity contribution in [1.29, 1.82) is 0 Å². The second kappa shape index (κ2) is 5.72. The predicted octanol–water partition coefficient (Wildman–Crippen LogP) is 4.62. The minimum absolute atomic E-state index is 0.193. The maximum Gasteiger partial charge on any atom is 0.140 e. The Morgan fingerprint density at radius 2 is 1.94 bits per heavy atom. The summed E-state index contributed by atoms with van der Waals surface area (Å²) in [6.07, 6.45) is 5.37. The molecular weight excluding hydrogens is 335 g/mol. The number of ketones is 1. The van der Waals surface area contributed by atoms with E-state index in [0.717, 1.165) is 12.0 Å². The molecule has 98 valence electrons. The number of rotatable bonds is 3. The summed E-state index contributed by atoms with van der Waals surface area (Å²) in [6, 6.07) is 8.31. The standard InChI is InChI=1S/C16H21IO/c1-16(2)10-4-3-5-14(16)15(18)11-12-6-8-13(17)9-7-12/h6-9,14H,3-5,10-11H2,1-2H3. The molecule has 1 unspecified atom stereocenters. The van der Waals surface area contributed by atoms with Gasteiger partial charge in [-0.25, -0.2) is 0 Å². The minimum Gasteiger partial charge on any atom is -0.299 e. The zero-order valence-corrected chi connectivity index (χ0v) is 13.4. The first-order valence-electron chi connectivity index (χ1n) is 6.76. The van der Waals surface area contributed by atoms with E-state index in [1.165, 1.54) is 22.8 Å². The molecule has 1 fully saturated rings. The van der Waals surface area contributed by atoms with Crippen LogP contribution in [0.1, 0.15) is 45.1 Å². The third-order valence-corrected chi connectivity index (χ3v) is 4.91. The molecule has 1 atom stereocenters. The van der Waals surface area contributed by atoms with Gasteiger partial charge in [0.25, 0.3) is 0 Å². The summed E-state index contributed by atoms with van der Waals surface area (Å²) in [5.41, 5.74) is 1.35. The van der Waals surface area contributed by atoms with Crippen molar-refractivity contribution in [3.63, 3.8) is 0 Å². The molecule has 1 aliphatic rings. The highest BCUT2D eigenvalue weighted by atomic mass is 127. The zero-order chi connectivity index (χ0) is 13.2. The Morgan fingerprint density at radius 1 is 1.28 bits per heavy atom. The Balaban J connectivity index is 2.05. The highest BCUT2D eigenvalue weighted by Crippen LogP contribution is 2.41. The first-order chi connectivity index (χ1) is 8.49. The van der Waals surface area contributed by atoms with E-state index in [1.54, 1.807) is 0 Å². The third kappa shape index (κ3) is 3.34. The van der Waals surface area contributed by atoms with Gasteiger partial charge in [0.1, 0.15) is 5.78 Å². The molecule has 0 aromatic heterocycles. The number of hydrogen-bond acceptors (Lipinski definition) is 1. The first-order valence-corrected chi connectivity index (χ1v) is 7.84. The van der Waals surface area contributed by atoms with Crippen molar-refractivity contribution in [2.75, 3.05) is 0 Å². The molecule has 1 aliphatic carbocycles. The van der Waals surface area contributed by atoms with Crippen LogP contribution in [0.25, 0.3) is 0 Å². The van der Waals surface area contributed by atoms with Crippen LogP contribution in [-0.4, -0.2) is 5.78 Å². The van der Waals surface area contributed by atoms with Crippen molar-refractivity contribution >= 4 is 28.4 Å². The monoisotopic (exact) mass is 356 g/mol. The molecule has 18 heavy (non-hydrogen) atoms. The number of carbonyl (C=O) groups is 1. The van der Waals surface area contributed by atoms with E-state index in [9.17, 15) is 4.79 Å². The second-order valence-electron chi connectivity index (χ2n) is 6.06. The summed E-state index contributed by atoms with van der Waals surface area (Å²) in [5.74, 6) is 0.687. The van der Waals surface area contributed by atoms with Gasteiger partial charge in [-0.15, -0.1) is 0 Å². The summed E-state index contributed by atoms with van der Waals surface area (Å²) in [5, 5.41) is 0. The fourth-order valence-corrected chi connectivity index (χ4v) is 3.38. The van der Waals surface area contributed by atoms with Crippen LogP contribution in [0.2, 0.25) is 0 Å². The average molecular weight is 356 g/mol. The second-order valence-corrected chi connectivity index (χ2v) is 7.30. The van der Waals surface area contributed by atoms with Crippen LogP contribution in [0.5, 0.6) is 0 Å². The van der Waals surface area contributed by atoms with Gasteiger partial charge in [0.2, 0.25) is 0 Å². The number of hydrogen-bond donors (Lipinski definition) is 0. The summed E-state index contributed by atoms with van der Waals surface area (Å²) in [7, 11) is 0.